The normalized spacial score (nSPS) is 12.1. The Bertz CT molecular complexity index is 2130. The van der Waals surface area contributed by atoms with Gasteiger partial charge in [-0.15, -0.1) is 5.11 Å². The van der Waals surface area contributed by atoms with Crippen LogP contribution in [0.4, 0.5) is 34.6 Å². The number of hydrogen-bond donors (Lipinski definition) is 6. The summed E-state index contributed by atoms with van der Waals surface area (Å²) >= 11 is 6.06. The van der Waals surface area contributed by atoms with E-state index in [1.165, 1.54) is 36.4 Å². The van der Waals surface area contributed by atoms with Gasteiger partial charge in [-0.25, -0.2) is 0 Å². The highest BCUT2D eigenvalue weighted by molar-refractivity contribution is 7.86. The molecule has 0 bridgehead atoms. The Morgan fingerprint density at radius 1 is 0.698 bits per heavy atom. The van der Waals surface area contributed by atoms with Gasteiger partial charge in [0.05, 0.1) is 10.6 Å². The average Bonchev–Trinajstić information content (AvgIpc) is 2.91. The summed E-state index contributed by atoms with van der Waals surface area (Å²) in [6.45, 7) is 0. The minimum atomic E-state index is -4.70. The number of benzene rings is 4. The SMILES string of the molecule is O=S(=O)(O)c1ccc(Nc2nc(Cl)nc(Nc3ccc4c(O)cc(N=Nc5ccc(O)cc5S(=O)(=O)O)cc4c3)n2)cc1. The van der Waals surface area contributed by atoms with E-state index in [2.05, 4.69) is 35.8 Å². The average molecular weight is 644 g/mol. The number of anilines is 4. The fraction of sp³-hybridized carbons (Fsp3) is 0. The summed E-state index contributed by atoms with van der Waals surface area (Å²) < 4.78 is 64.4. The zero-order valence-electron chi connectivity index (χ0n) is 21.3. The molecule has 18 heteroatoms. The van der Waals surface area contributed by atoms with Crippen LogP contribution >= 0.6 is 11.6 Å². The van der Waals surface area contributed by atoms with E-state index in [-0.39, 0.29) is 39.2 Å². The Balaban J connectivity index is 1.40. The molecule has 0 unspecified atom stereocenters. The van der Waals surface area contributed by atoms with Crippen LogP contribution in [0.1, 0.15) is 0 Å². The van der Waals surface area contributed by atoms with Crippen molar-refractivity contribution in [3.8, 4) is 11.5 Å². The first kappa shape index (κ1) is 29.5. The molecule has 5 aromatic rings. The van der Waals surface area contributed by atoms with Gasteiger partial charge in [0.2, 0.25) is 17.2 Å². The van der Waals surface area contributed by atoms with Crippen LogP contribution in [0.15, 0.2) is 92.8 Å². The van der Waals surface area contributed by atoms with E-state index in [1.54, 1.807) is 24.3 Å². The van der Waals surface area contributed by atoms with E-state index in [1.807, 2.05) is 0 Å². The van der Waals surface area contributed by atoms with Gasteiger partial charge < -0.3 is 20.8 Å². The van der Waals surface area contributed by atoms with Gasteiger partial charge in [-0.3, -0.25) is 9.11 Å². The molecule has 1 heterocycles. The molecule has 0 saturated heterocycles. The van der Waals surface area contributed by atoms with Crippen LogP contribution in [-0.4, -0.2) is 51.1 Å². The van der Waals surface area contributed by atoms with Gasteiger partial charge in [0, 0.05) is 28.9 Å². The number of nitrogens with one attached hydrogen (secondary N) is 2. The van der Waals surface area contributed by atoms with E-state index in [4.69, 9.17) is 16.2 Å². The fourth-order valence-electron chi connectivity index (χ4n) is 3.80. The number of aromatic nitrogens is 3. The van der Waals surface area contributed by atoms with Crippen molar-refractivity contribution in [1.82, 2.24) is 15.0 Å². The van der Waals surface area contributed by atoms with E-state index in [0.717, 1.165) is 12.1 Å². The Hall–Kier alpha value is -4.94. The van der Waals surface area contributed by atoms with E-state index in [9.17, 15) is 31.6 Å². The number of phenolic OH excluding ortho intramolecular Hbond substituents is 2. The van der Waals surface area contributed by atoms with Crippen molar-refractivity contribution in [3.63, 3.8) is 0 Å². The molecule has 4 aromatic carbocycles. The molecule has 0 fully saturated rings. The van der Waals surface area contributed by atoms with Gasteiger partial charge in [0.15, 0.2) is 0 Å². The number of phenols is 2. The Kier molecular flexibility index (Phi) is 7.82. The zero-order valence-corrected chi connectivity index (χ0v) is 23.7. The summed E-state index contributed by atoms with van der Waals surface area (Å²) in [5.41, 5.74) is 0.783. The molecule has 0 amide bonds. The molecule has 6 N–H and O–H groups in total. The van der Waals surface area contributed by atoms with Gasteiger partial charge >= 0.3 is 0 Å². The van der Waals surface area contributed by atoms with Gasteiger partial charge in [0.1, 0.15) is 22.1 Å². The quantitative estimate of drug-likeness (QED) is 0.0907. The molecule has 1 aromatic heterocycles. The molecule has 0 spiro atoms. The lowest BCUT2D eigenvalue weighted by Crippen LogP contribution is -2.04. The summed E-state index contributed by atoms with van der Waals surface area (Å²) in [6, 6.07) is 16.1. The molecular weight excluding hydrogens is 626 g/mol. The highest BCUT2D eigenvalue weighted by Crippen LogP contribution is 2.35. The van der Waals surface area contributed by atoms with Crippen molar-refractivity contribution in [2.75, 3.05) is 10.6 Å². The van der Waals surface area contributed by atoms with Gasteiger partial charge in [-0.1, -0.05) is 0 Å². The van der Waals surface area contributed by atoms with Crippen LogP contribution in [0.25, 0.3) is 10.8 Å². The molecule has 0 aliphatic rings. The molecule has 15 nitrogen and oxygen atoms in total. The standard InChI is InChI=1S/C25H18ClN7O8S2/c26-23-29-24(27-14-1-5-18(6-2-14)42(36,37)38)31-25(30-23)28-15-3-7-19-13(9-15)10-16(11-21(19)35)32-33-20-8-4-17(34)12-22(20)43(39,40)41/h1-12,34-35H,(H,36,37,38)(H,39,40,41)(H2,27,28,29,30,31). The van der Waals surface area contributed by atoms with E-state index < -0.39 is 30.9 Å². The van der Waals surface area contributed by atoms with Gasteiger partial charge in [0.25, 0.3) is 20.2 Å². The van der Waals surface area contributed by atoms with Crippen molar-refractivity contribution in [2.24, 2.45) is 10.2 Å². The third-order valence-corrected chi connectivity index (χ3v) is 7.60. The lowest BCUT2D eigenvalue weighted by atomic mass is 10.1. The highest BCUT2D eigenvalue weighted by Gasteiger charge is 2.17. The predicted octanol–water partition coefficient (Wildman–Crippen LogP) is 5.49. The maximum atomic E-state index is 11.7. The molecule has 0 saturated carbocycles. The van der Waals surface area contributed by atoms with Crippen molar-refractivity contribution in [3.05, 3.63) is 78.1 Å². The second-order valence-electron chi connectivity index (χ2n) is 8.73. The summed E-state index contributed by atoms with van der Waals surface area (Å²) in [5, 5.41) is 34.5. The van der Waals surface area contributed by atoms with Crippen molar-refractivity contribution in [2.45, 2.75) is 9.79 Å². The summed E-state index contributed by atoms with van der Waals surface area (Å²) in [6.07, 6.45) is 0. The molecular formula is C25H18ClN7O8S2. The number of halogens is 1. The first-order valence-electron chi connectivity index (χ1n) is 11.8. The lowest BCUT2D eigenvalue weighted by Gasteiger charge is -2.10. The summed E-state index contributed by atoms with van der Waals surface area (Å²) in [5.74, 6) is -0.469. The van der Waals surface area contributed by atoms with Crippen molar-refractivity contribution < 1.29 is 36.2 Å². The third kappa shape index (κ3) is 7.11. The Morgan fingerprint density at radius 3 is 2.00 bits per heavy atom. The number of azo groups is 1. The number of fused-ring (bicyclic) bond motifs is 1. The molecule has 0 atom stereocenters. The van der Waals surface area contributed by atoms with E-state index in [0.29, 0.717) is 22.1 Å². The van der Waals surface area contributed by atoms with Crippen LogP contribution in [-0.2, 0) is 20.2 Å². The van der Waals surface area contributed by atoms with Crippen LogP contribution in [0.2, 0.25) is 5.28 Å². The maximum absolute atomic E-state index is 11.7. The molecule has 0 radical (unpaired) electrons. The van der Waals surface area contributed by atoms with Gasteiger partial charge in [-0.05, 0) is 77.7 Å². The smallest absolute Gasteiger partial charge is 0.296 e. The zero-order chi connectivity index (χ0) is 30.9. The minimum absolute atomic E-state index is 0.0294. The Morgan fingerprint density at radius 2 is 1.35 bits per heavy atom. The van der Waals surface area contributed by atoms with Crippen LogP contribution in [0.5, 0.6) is 11.5 Å². The molecule has 0 aliphatic heterocycles. The van der Waals surface area contributed by atoms with Gasteiger partial charge in [-0.2, -0.15) is 36.9 Å². The molecule has 5 rings (SSSR count). The fourth-order valence-corrected chi connectivity index (χ4v) is 5.09. The maximum Gasteiger partial charge on any atom is 0.296 e. The third-order valence-electron chi connectivity index (χ3n) is 5.68. The molecule has 0 aliphatic carbocycles. The van der Waals surface area contributed by atoms with E-state index >= 15 is 0 Å². The number of rotatable bonds is 8. The molecule has 220 valence electrons. The number of aromatic hydroxyl groups is 2. The summed E-state index contributed by atoms with van der Waals surface area (Å²) in [7, 11) is -9.06. The second kappa shape index (κ2) is 11.4. The predicted molar refractivity (Wildman–Crippen MR) is 155 cm³/mol. The highest BCUT2D eigenvalue weighted by atomic mass is 35.5. The van der Waals surface area contributed by atoms with Crippen LogP contribution in [0.3, 0.4) is 0 Å². The Labute approximate surface area is 248 Å². The van der Waals surface area contributed by atoms with Crippen molar-refractivity contribution in [1.29, 1.82) is 0 Å². The van der Waals surface area contributed by atoms with Crippen LogP contribution in [0, 0.1) is 0 Å². The first-order valence-corrected chi connectivity index (χ1v) is 15.0. The number of nitrogens with zero attached hydrogens (tertiary/aromatic N) is 5. The van der Waals surface area contributed by atoms with Crippen LogP contribution < -0.4 is 10.6 Å². The topological polar surface area (TPSA) is 237 Å². The monoisotopic (exact) mass is 643 g/mol. The second-order valence-corrected chi connectivity index (χ2v) is 11.9. The largest absolute Gasteiger partial charge is 0.508 e. The summed E-state index contributed by atoms with van der Waals surface area (Å²) in [4.78, 5) is 11.3. The first-order chi connectivity index (χ1) is 20.2. The van der Waals surface area contributed by atoms with Crippen molar-refractivity contribution >= 4 is 77.3 Å². The minimum Gasteiger partial charge on any atom is -0.508 e. The lowest BCUT2D eigenvalue weighted by molar-refractivity contribution is 0.466. The molecule has 43 heavy (non-hydrogen) atoms. The number of hydrogen-bond acceptors (Lipinski definition) is 13.